The number of amides is 1. The summed E-state index contributed by atoms with van der Waals surface area (Å²) in [5, 5.41) is 6.37. The molecule has 94 valence electrons. The summed E-state index contributed by atoms with van der Waals surface area (Å²) in [5.41, 5.74) is 2.05. The molecule has 1 unspecified atom stereocenters. The van der Waals surface area contributed by atoms with Gasteiger partial charge in [-0.15, -0.1) is 0 Å². The fourth-order valence-corrected chi connectivity index (χ4v) is 1.70. The maximum Gasteiger partial charge on any atom is 0.224 e. The van der Waals surface area contributed by atoms with Gasteiger partial charge in [0.2, 0.25) is 5.91 Å². The average molecular weight is 234 g/mol. The van der Waals surface area contributed by atoms with Gasteiger partial charge in [-0.25, -0.2) is 0 Å². The van der Waals surface area contributed by atoms with Gasteiger partial charge in [0.1, 0.15) is 0 Å². The Labute approximate surface area is 104 Å². The van der Waals surface area contributed by atoms with Gasteiger partial charge in [0.25, 0.3) is 0 Å². The van der Waals surface area contributed by atoms with E-state index in [2.05, 4.69) is 30.5 Å². The van der Waals surface area contributed by atoms with Crippen LogP contribution in [0, 0.1) is 0 Å². The van der Waals surface area contributed by atoms with Crippen molar-refractivity contribution < 1.29 is 4.79 Å². The number of hydrogen-bond acceptors (Lipinski definition) is 2. The Kier molecular flexibility index (Phi) is 5.70. The number of nitrogens with one attached hydrogen (secondary N) is 2. The zero-order chi connectivity index (χ0) is 12.7. The van der Waals surface area contributed by atoms with E-state index in [1.165, 1.54) is 0 Å². The summed E-state index contributed by atoms with van der Waals surface area (Å²) in [6.07, 6.45) is 1.61. The Balaban J connectivity index is 2.79. The SMILES string of the molecule is CCCNC(C)c1ccccc1NC(=O)CC. The van der Waals surface area contributed by atoms with E-state index in [-0.39, 0.29) is 11.9 Å². The number of anilines is 1. The molecule has 0 fully saturated rings. The molecule has 1 aromatic rings. The lowest BCUT2D eigenvalue weighted by Crippen LogP contribution is -2.21. The second-order valence-electron chi connectivity index (χ2n) is 4.16. The van der Waals surface area contributed by atoms with Gasteiger partial charge in [0.15, 0.2) is 0 Å². The van der Waals surface area contributed by atoms with E-state index in [0.717, 1.165) is 24.2 Å². The van der Waals surface area contributed by atoms with Crippen molar-refractivity contribution in [1.82, 2.24) is 5.32 Å². The zero-order valence-corrected chi connectivity index (χ0v) is 10.9. The van der Waals surface area contributed by atoms with Crippen LogP contribution in [0.2, 0.25) is 0 Å². The summed E-state index contributed by atoms with van der Waals surface area (Å²) < 4.78 is 0. The number of rotatable bonds is 6. The topological polar surface area (TPSA) is 41.1 Å². The normalized spacial score (nSPS) is 12.2. The molecule has 0 aromatic heterocycles. The standard InChI is InChI=1S/C14H22N2O/c1-4-10-15-11(3)12-8-6-7-9-13(12)16-14(17)5-2/h6-9,11,15H,4-5,10H2,1-3H3,(H,16,17). The lowest BCUT2D eigenvalue weighted by atomic mass is 10.1. The first kappa shape index (κ1) is 13.7. The molecule has 3 nitrogen and oxygen atoms in total. The molecule has 2 N–H and O–H groups in total. The molecule has 0 heterocycles. The average Bonchev–Trinajstić information content (AvgIpc) is 2.36. The van der Waals surface area contributed by atoms with Gasteiger partial charge in [-0.2, -0.15) is 0 Å². The van der Waals surface area contributed by atoms with Crippen LogP contribution in [0.25, 0.3) is 0 Å². The maximum absolute atomic E-state index is 11.4. The molecule has 1 aromatic carbocycles. The van der Waals surface area contributed by atoms with E-state index in [9.17, 15) is 4.79 Å². The molecule has 1 amide bonds. The van der Waals surface area contributed by atoms with Gasteiger partial charge in [-0.05, 0) is 31.5 Å². The molecule has 17 heavy (non-hydrogen) atoms. The molecule has 0 spiro atoms. The van der Waals surface area contributed by atoms with Crippen molar-refractivity contribution in [1.29, 1.82) is 0 Å². The number of carbonyl (C=O) groups excluding carboxylic acids is 1. The lowest BCUT2D eigenvalue weighted by molar-refractivity contribution is -0.115. The molecule has 0 saturated carbocycles. The summed E-state index contributed by atoms with van der Waals surface area (Å²) in [6, 6.07) is 8.21. The van der Waals surface area contributed by atoms with Crippen LogP contribution in [0.15, 0.2) is 24.3 Å². The summed E-state index contributed by atoms with van der Waals surface area (Å²) >= 11 is 0. The molecule has 0 radical (unpaired) electrons. The van der Waals surface area contributed by atoms with Crippen LogP contribution >= 0.6 is 0 Å². The van der Waals surface area contributed by atoms with Crippen molar-refractivity contribution >= 4 is 11.6 Å². The van der Waals surface area contributed by atoms with Gasteiger partial charge in [-0.1, -0.05) is 32.0 Å². The lowest BCUT2D eigenvalue weighted by Gasteiger charge is -2.18. The predicted octanol–water partition coefficient (Wildman–Crippen LogP) is 3.10. The molecule has 0 aliphatic heterocycles. The highest BCUT2D eigenvalue weighted by Crippen LogP contribution is 2.22. The highest BCUT2D eigenvalue weighted by molar-refractivity contribution is 5.91. The third kappa shape index (κ3) is 4.19. The van der Waals surface area contributed by atoms with E-state index < -0.39 is 0 Å². The van der Waals surface area contributed by atoms with Crippen molar-refractivity contribution in [2.75, 3.05) is 11.9 Å². The van der Waals surface area contributed by atoms with Crippen LogP contribution in [0.1, 0.15) is 45.2 Å². The first-order valence-corrected chi connectivity index (χ1v) is 6.31. The van der Waals surface area contributed by atoms with Crippen LogP contribution in [0.4, 0.5) is 5.69 Å². The summed E-state index contributed by atoms with van der Waals surface area (Å²) in [4.78, 5) is 11.4. The van der Waals surface area contributed by atoms with Gasteiger partial charge in [0.05, 0.1) is 0 Å². The van der Waals surface area contributed by atoms with Crippen molar-refractivity contribution in [2.45, 2.75) is 39.7 Å². The van der Waals surface area contributed by atoms with E-state index in [0.29, 0.717) is 6.42 Å². The minimum atomic E-state index is 0.0557. The first-order valence-electron chi connectivity index (χ1n) is 6.31. The van der Waals surface area contributed by atoms with E-state index >= 15 is 0 Å². The molecule has 0 aliphatic carbocycles. The van der Waals surface area contributed by atoms with Crippen LogP contribution < -0.4 is 10.6 Å². The molecule has 0 aliphatic rings. The summed E-state index contributed by atoms with van der Waals surface area (Å²) in [6.45, 7) is 7.10. The smallest absolute Gasteiger partial charge is 0.224 e. The first-order chi connectivity index (χ1) is 8.19. The minimum Gasteiger partial charge on any atom is -0.326 e. The van der Waals surface area contributed by atoms with Crippen LogP contribution in [-0.2, 0) is 4.79 Å². The number of benzene rings is 1. The molecular formula is C14H22N2O. The highest BCUT2D eigenvalue weighted by Gasteiger charge is 2.10. The van der Waals surface area contributed by atoms with Gasteiger partial charge in [0, 0.05) is 18.2 Å². The van der Waals surface area contributed by atoms with Crippen LogP contribution in [-0.4, -0.2) is 12.5 Å². The Bertz CT molecular complexity index is 363. The van der Waals surface area contributed by atoms with Crippen molar-refractivity contribution in [2.24, 2.45) is 0 Å². The highest BCUT2D eigenvalue weighted by atomic mass is 16.1. The maximum atomic E-state index is 11.4. The third-order valence-electron chi connectivity index (χ3n) is 2.72. The Hall–Kier alpha value is -1.35. The van der Waals surface area contributed by atoms with Gasteiger partial charge in [-0.3, -0.25) is 4.79 Å². The fraction of sp³-hybridized carbons (Fsp3) is 0.500. The number of hydrogen-bond donors (Lipinski definition) is 2. The van der Waals surface area contributed by atoms with Crippen molar-refractivity contribution in [3.63, 3.8) is 0 Å². The van der Waals surface area contributed by atoms with E-state index in [4.69, 9.17) is 0 Å². The van der Waals surface area contributed by atoms with Crippen LogP contribution in [0.3, 0.4) is 0 Å². The zero-order valence-electron chi connectivity index (χ0n) is 10.9. The van der Waals surface area contributed by atoms with Gasteiger partial charge >= 0.3 is 0 Å². The Morgan fingerprint density at radius 1 is 1.29 bits per heavy atom. The Morgan fingerprint density at radius 2 is 2.00 bits per heavy atom. The van der Waals surface area contributed by atoms with Gasteiger partial charge < -0.3 is 10.6 Å². The molecule has 0 saturated heterocycles. The third-order valence-corrected chi connectivity index (χ3v) is 2.72. The second kappa shape index (κ2) is 7.07. The minimum absolute atomic E-state index is 0.0557. The van der Waals surface area contributed by atoms with E-state index in [1.54, 1.807) is 0 Å². The number of para-hydroxylation sites is 1. The monoisotopic (exact) mass is 234 g/mol. The molecule has 1 atom stereocenters. The Morgan fingerprint density at radius 3 is 2.65 bits per heavy atom. The molecular weight excluding hydrogens is 212 g/mol. The fourth-order valence-electron chi connectivity index (χ4n) is 1.70. The predicted molar refractivity (Wildman–Crippen MR) is 72.1 cm³/mol. The van der Waals surface area contributed by atoms with E-state index in [1.807, 2.05) is 25.1 Å². The van der Waals surface area contributed by atoms with Crippen molar-refractivity contribution in [3.05, 3.63) is 29.8 Å². The second-order valence-corrected chi connectivity index (χ2v) is 4.16. The quantitative estimate of drug-likeness (QED) is 0.794. The number of carbonyl (C=O) groups is 1. The molecule has 1 rings (SSSR count). The summed E-state index contributed by atoms with van der Waals surface area (Å²) in [7, 11) is 0. The molecule has 3 heteroatoms. The molecule has 0 bridgehead atoms. The van der Waals surface area contributed by atoms with Crippen LogP contribution in [0.5, 0.6) is 0 Å². The van der Waals surface area contributed by atoms with Crippen molar-refractivity contribution in [3.8, 4) is 0 Å². The largest absolute Gasteiger partial charge is 0.326 e. The summed E-state index contributed by atoms with van der Waals surface area (Å²) in [5.74, 6) is 0.0557.